The molecule has 1 N–H and O–H groups in total. The molecule has 2 aliphatic rings. The van der Waals surface area contributed by atoms with E-state index in [1.165, 1.54) is 12.8 Å². The highest BCUT2D eigenvalue weighted by Gasteiger charge is 2.29. The summed E-state index contributed by atoms with van der Waals surface area (Å²) in [5.74, 6) is 0.690. The van der Waals surface area contributed by atoms with Crippen molar-refractivity contribution < 1.29 is 13.2 Å². The van der Waals surface area contributed by atoms with Gasteiger partial charge in [-0.05, 0) is 44.6 Å². The molecule has 0 aromatic heterocycles. The van der Waals surface area contributed by atoms with Crippen LogP contribution in [0, 0.1) is 5.92 Å². The zero-order chi connectivity index (χ0) is 13.7. The molecule has 1 saturated heterocycles. The zero-order valence-electron chi connectivity index (χ0n) is 11.8. The van der Waals surface area contributed by atoms with E-state index in [2.05, 4.69) is 5.32 Å². The van der Waals surface area contributed by atoms with Crippen LogP contribution in [-0.2, 0) is 14.8 Å². The fourth-order valence-electron chi connectivity index (χ4n) is 2.58. The first-order valence-electron chi connectivity index (χ1n) is 7.32. The van der Waals surface area contributed by atoms with Gasteiger partial charge in [0.2, 0.25) is 10.0 Å². The molecule has 6 heteroatoms. The number of nitrogens with zero attached hydrogens (tertiary/aromatic N) is 1. The molecule has 112 valence electrons. The Labute approximate surface area is 116 Å². The molecular formula is C13H26N2O3S. The predicted octanol–water partition coefficient (Wildman–Crippen LogP) is 0.817. The van der Waals surface area contributed by atoms with Gasteiger partial charge in [-0.2, -0.15) is 0 Å². The van der Waals surface area contributed by atoms with Gasteiger partial charge in [0.25, 0.3) is 0 Å². The Morgan fingerprint density at radius 2 is 2.11 bits per heavy atom. The van der Waals surface area contributed by atoms with Crippen molar-refractivity contribution in [3.05, 3.63) is 0 Å². The SMILES string of the molecule is COCCCS(=O)(=O)N1CCCC(CNC2CC2)C1. The van der Waals surface area contributed by atoms with E-state index in [4.69, 9.17) is 4.74 Å². The molecule has 0 aromatic carbocycles. The van der Waals surface area contributed by atoms with Gasteiger partial charge in [-0.3, -0.25) is 0 Å². The second-order valence-corrected chi connectivity index (χ2v) is 7.80. The van der Waals surface area contributed by atoms with Gasteiger partial charge in [-0.15, -0.1) is 0 Å². The Hall–Kier alpha value is -0.170. The van der Waals surface area contributed by atoms with Gasteiger partial charge in [0.05, 0.1) is 5.75 Å². The first-order chi connectivity index (χ1) is 9.12. The minimum Gasteiger partial charge on any atom is -0.385 e. The van der Waals surface area contributed by atoms with E-state index in [1.54, 1.807) is 11.4 Å². The van der Waals surface area contributed by atoms with Crippen LogP contribution in [0.3, 0.4) is 0 Å². The molecule has 0 aromatic rings. The summed E-state index contributed by atoms with van der Waals surface area (Å²) in [7, 11) is -1.48. The third-order valence-corrected chi connectivity index (χ3v) is 5.82. The maximum absolute atomic E-state index is 12.2. The lowest BCUT2D eigenvalue weighted by Gasteiger charge is -2.32. The summed E-state index contributed by atoms with van der Waals surface area (Å²) >= 11 is 0. The summed E-state index contributed by atoms with van der Waals surface area (Å²) in [5, 5.41) is 3.51. The quantitative estimate of drug-likeness (QED) is 0.672. The van der Waals surface area contributed by atoms with Gasteiger partial charge in [0.1, 0.15) is 0 Å². The highest BCUT2D eigenvalue weighted by molar-refractivity contribution is 7.89. The molecule has 0 bridgehead atoms. The largest absolute Gasteiger partial charge is 0.385 e. The minimum atomic E-state index is -3.09. The average Bonchev–Trinajstić information content (AvgIpc) is 3.21. The van der Waals surface area contributed by atoms with Gasteiger partial charge in [-0.25, -0.2) is 12.7 Å². The lowest BCUT2D eigenvalue weighted by molar-refractivity contribution is 0.198. The molecule has 0 radical (unpaired) electrons. The lowest BCUT2D eigenvalue weighted by atomic mass is 10.00. The van der Waals surface area contributed by atoms with Crippen LogP contribution in [0.15, 0.2) is 0 Å². The Kier molecular flexibility index (Phi) is 5.62. The highest BCUT2D eigenvalue weighted by atomic mass is 32.2. The fraction of sp³-hybridized carbons (Fsp3) is 1.00. The van der Waals surface area contributed by atoms with Gasteiger partial charge in [0.15, 0.2) is 0 Å². The molecule has 2 rings (SSSR count). The Balaban J connectivity index is 1.77. The Bertz CT molecular complexity index is 368. The van der Waals surface area contributed by atoms with Crippen molar-refractivity contribution in [2.24, 2.45) is 5.92 Å². The summed E-state index contributed by atoms with van der Waals surface area (Å²) in [6.45, 7) is 2.86. The predicted molar refractivity (Wildman–Crippen MR) is 75.6 cm³/mol. The van der Waals surface area contributed by atoms with Crippen molar-refractivity contribution in [3.63, 3.8) is 0 Å². The molecular weight excluding hydrogens is 264 g/mol. The van der Waals surface area contributed by atoms with Crippen molar-refractivity contribution in [2.45, 2.75) is 38.1 Å². The van der Waals surface area contributed by atoms with Crippen LogP contribution in [0.25, 0.3) is 0 Å². The van der Waals surface area contributed by atoms with E-state index < -0.39 is 10.0 Å². The summed E-state index contributed by atoms with van der Waals surface area (Å²) in [6, 6.07) is 0.702. The number of rotatable bonds is 8. The van der Waals surface area contributed by atoms with Gasteiger partial charge < -0.3 is 10.1 Å². The smallest absolute Gasteiger partial charge is 0.214 e. The Morgan fingerprint density at radius 3 is 2.79 bits per heavy atom. The maximum Gasteiger partial charge on any atom is 0.214 e. The molecule has 0 spiro atoms. The maximum atomic E-state index is 12.2. The summed E-state index contributed by atoms with van der Waals surface area (Å²) < 4.78 is 31.0. The summed E-state index contributed by atoms with van der Waals surface area (Å²) in [4.78, 5) is 0. The number of hydrogen-bond donors (Lipinski definition) is 1. The molecule has 2 fully saturated rings. The molecule has 19 heavy (non-hydrogen) atoms. The number of piperidine rings is 1. The van der Waals surface area contributed by atoms with E-state index in [1.807, 2.05) is 0 Å². The van der Waals surface area contributed by atoms with Crippen LogP contribution in [0.1, 0.15) is 32.1 Å². The number of ether oxygens (including phenoxy) is 1. The lowest BCUT2D eigenvalue weighted by Crippen LogP contribution is -2.44. The van der Waals surface area contributed by atoms with Gasteiger partial charge in [0, 0.05) is 32.8 Å². The minimum absolute atomic E-state index is 0.212. The molecule has 1 saturated carbocycles. The average molecular weight is 290 g/mol. The van der Waals surface area contributed by atoms with Crippen LogP contribution >= 0.6 is 0 Å². The number of sulfonamides is 1. The summed E-state index contributed by atoms with van der Waals surface area (Å²) in [6.07, 6.45) is 5.28. The standard InChI is InChI=1S/C13H26N2O3S/c1-18-8-3-9-19(16,17)15-7-2-4-12(11-15)10-14-13-5-6-13/h12-14H,2-11H2,1H3. The molecule has 5 nitrogen and oxygen atoms in total. The van der Waals surface area contributed by atoms with E-state index in [0.29, 0.717) is 38.1 Å². The Morgan fingerprint density at radius 1 is 1.32 bits per heavy atom. The van der Waals surface area contributed by atoms with Crippen LogP contribution < -0.4 is 5.32 Å². The monoisotopic (exact) mass is 290 g/mol. The number of methoxy groups -OCH3 is 1. The first-order valence-corrected chi connectivity index (χ1v) is 8.93. The second-order valence-electron chi connectivity index (χ2n) is 5.71. The van der Waals surface area contributed by atoms with E-state index >= 15 is 0 Å². The van der Waals surface area contributed by atoms with Crippen LogP contribution in [-0.4, -0.2) is 57.9 Å². The van der Waals surface area contributed by atoms with Crippen molar-refractivity contribution in [1.29, 1.82) is 0 Å². The second kappa shape index (κ2) is 7.02. The van der Waals surface area contributed by atoms with Crippen LogP contribution in [0.5, 0.6) is 0 Å². The van der Waals surface area contributed by atoms with E-state index in [-0.39, 0.29) is 5.75 Å². The highest BCUT2D eigenvalue weighted by Crippen LogP contribution is 2.22. The molecule has 1 heterocycles. The first kappa shape index (κ1) is 15.2. The molecule has 0 amide bonds. The van der Waals surface area contributed by atoms with Gasteiger partial charge >= 0.3 is 0 Å². The van der Waals surface area contributed by atoms with Crippen molar-refractivity contribution in [1.82, 2.24) is 9.62 Å². The fourth-order valence-corrected chi connectivity index (χ4v) is 4.17. The normalized spacial score (nSPS) is 25.6. The molecule has 1 aliphatic heterocycles. The van der Waals surface area contributed by atoms with Crippen molar-refractivity contribution in [3.8, 4) is 0 Å². The van der Waals surface area contributed by atoms with Crippen LogP contribution in [0.4, 0.5) is 0 Å². The van der Waals surface area contributed by atoms with Gasteiger partial charge in [-0.1, -0.05) is 0 Å². The zero-order valence-corrected chi connectivity index (χ0v) is 12.6. The molecule has 1 aliphatic carbocycles. The number of hydrogen-bond acceptors (Lipinski definition) is 4. The third kappa shape index (κ3) is 5.02. The third-order valence-electron chi connectivity index (χ3n) is 3.90. The van der Waals surface area contributed by atoms with Crippen LogP contribution in [0.2, 0.25) is 0 Å². The topological polar surface area (TPSA) is 58.6 Å². The summed E-state index contributed by atoms with van der Waals surface area (Å²) in [5.41, 5.74) is 0. The van der Waals surface area contributed by atoms with Crippen molar-refractivity contribution >= 4 is 10.0 Å². The van der Waals surface area contributed by atoms with E-state index in [0.717, 1.165) is 19.4 Å². The molecule has 1 unspecified atom stereocenters. The van der Waals surface area contributed by atoms with Crippen molar-refractivity contribution in [2.75, 3.05) is 39.1 Å². The van der Waals surface area contributed by atoms with E-state index in [9.17, 15) is 8.42 Å². The molecule has 1 atom stereocenters. The number of nitrogens with one attached hydrogen (secondary N) is 1.